The van der Waals surface area contributed by atoms with Gasteiger partial charge in [0, 0.05) is 12.5 Å². The predicted octanol–water partition coefficient (Wildman–Crippen LogP) is 2.36. The van der Waals surface area contributed by atoms with Crippen molar-refractivity contribution in [2.45, 2.75) is 45.1 Å². The van der Waals surface area contributed by atoms with E-state index in [-0.39, 0.29) is 0 Å². The van der Waals surface area contributed by atoms with E-state index in [0.29, 0.717) is 12.5 Å². The Labute approximate surface area is 97.0 Å². The number of aliphatic carboxylic acids is 1. The van der Waals surface area contributed by atoms with Crippen molar-refractivity contribution in [1.29, 1.82) is 0 Å². The maximum absolute atomic E-state index is 10.2. The molecule has 0 aliphatic rings. The third kappa shape index (κ3) is 11.7. The lowest BCUT2D eigenvalue weighted by Crippen LogP contribution is -2.27. The molecule has 0 fully saturated rings. The van der Waals surface area contributed by atoms with Crippen molar-refractivity contribution in [1.82, 2.24) is 5.32 Å². The summed E-state index contributed by atoms with van der Waals surface area (Å²) in [4.78, 5) is 10.2. The van der Waals surface area contributed by atoms with Crippen LogP contribution in [-0.2, 0) is 4.79 Å². The van der Waals surface area contributed by atoms with Crippen LogP contribution in [0.3, 0.4) is 0 Å². The first kappa shape index (κ1) is 14.8. The van der Waals surface area contributed by atoms with Gasteiger partial charge in [-0.25, -0.2) is 0 Å². The fraction of sp³-hybridized carbons (Fsp3) is 0.909. The van der Waals surface area contributed by atoms with Gasteiger partial charge in [0.1, 0.15) is 0 Å². The van der Waals surface area contributed by atoms with Crippen molar-refractivity contribution < 1.29 is 9.90 Å². The number of unbranched alkanes of at least 4 members (excludes halogenated alkanes) is 2. The lowest BCUT2D eigenvalue weighted by Gasteiger charge is -2.12. The van der Waals surface area contributed by atoms with Gasteiger partial charge in [-0.15, -0.1) is 0 Å². The largest absolute Gasteiger partial charge is 0.481 e. The Morgan fingerprint density at radius 1 is 1.40 bits per heavy atom. The maximum Gasteiger partial charge on any atom is 0.303 e. The molecule has 90 valence electrons. The Balaban J connectivity index is 3.12. The van der Waals surface area contributed by atoms with Crippen molar-refractivity contribution in [3.05, 3.63) is 0 Å². The minimum Gasteiger partial charge on any atom is -0.481 e. The zero-order valence-electron chi connectivity index (χ0n) is 9.79. The zero-order chi connectivity index (χ0) is 11.5. The number of thioether (sulfide) groups is 1. The third-order valence-corrected chi connectivity index (χ3v) is 2.96. The summed E-state index contributed by atoms with van der Waals surface area (Å²) in [5.41, 5.74) is 0. The Morgan fingerprint density at radius 2 is 2.13 bits per heavy atom. The molecular weight excluding hydrogens is 210 g/mol. The number of hydrogen-bond acceptors (Lipinski definition) is 3. The van der Waals surface area contributed by atoms with Crippen LogP contribution in [0.1, 0.15) is 39.0 Å². The minimum absolute atomic E-state index is 0.308. The molecule has 3 nitrogen and oxygen atoms in total. The van der Waals surface area contributed by atoms with Gasteiger partial charge in [0.25, 0.3) is 0 Å². The van der Waals surface area contributed by atoms with E-state index >= 15 is 0 Å². The highest BCUT2D eigenvalue weighted by molar-refractivity contribution is 7.98. The van der Waals surface area contributed by atoms with Crippen molar-refractivity contribution >= 4 is 17.7 Å². The smallest absolute Gasteiger partial charge is 0.303 e. The summed E-state index contributed by atoms with van der Waals surface area (Å²) >= 11 is 1.88. The highest BCUT2D eigenvalue weighted by Gasteiger charge is 2.00. The van der Waals surface area contributed by atoms with Crippen LogP contribution >= 0.6 is 11.8 Å². The number of rotatable bonds is 10. The number of carboxylic acid groups (broad SMARTS) is 1. The number of hydrogen-bond donors (Lipinski definition) is 2. The summed E-state index contributed by atoms with van der Waals surface area (Å²) < 4.78 is 0. The molecular formula is C11H23NO2S. The van der Waals surface area contributed by atoms with Gasteiger partial charge in [-0.3, -0.25) is 4.79 Å². The van der Waals surface area contributed by atoms with Gasteiger partial charge in [0.2, 0.25) is 0 Å². The molecule has 0 rings (SSSR count). The summed E-state index contributed by atoms with van der Waals surface area (Å²) in [6, 6.07) is 0.580. The van der Waals surface area contributed by atoms with E-state index in [0.717, 1.165) is 25.8 Å². The summed E-state index contributed by atoms with van der Waals surface area (Å²) in [5.74, 6) is 0.518. The van der Waals surface area contributed by atoms with E-state index in [1.807, 2.05) is 11.8 Å². The molecule has 0 aliphatic heterocycles. The lowest BCUT2D eigenvalue weighted by atomic mass is 10.2. The molecule has 0 amide bonds. The molecule has 0 aromatic carbocycles. The van der Waals surface area contributed by atoms with E-state index in [2.05, 4.69) is 18.5 Å². The number of carbonyl (C=O) groups is 1. The quantitative estimate of drug-likeness (QED) is 0.569. The summed E-state index contributed by atoms with van der Waals surface area (Å²) in [7, 11) is 0. The monoisotopic (exact) mass is 233 g/mol. The van der Waals surface area contributed by atoms with Gasteiger partial charge < -0.3 is 10.4 Å². The van der Waals surface area contributed by atoms with Crippen molar-refractivity contribution in [3.8, 4) is 0 Å². The molecule has 0 aliphatic carbocycles. The van der Waals surface area contributed by atoms with Crippen LogP contribution in [0, 0.1) is 0 Å². The SMILES string of the molecule is CSCCC(C)NCCCCCC(=O)O. The second kappa shape index (κ2) is 10.3. The first-order valence-corrected chi connectivity index (χ1v) is 7.00. The molecule has 2 N–H and O–H groups in total. The number of carboxylic acids is 1. The standard InChI is InChI=1S/C11H23NO2S/c1-10(7-9-15-2)12-8-5-3-4-6-11(13)14/h10,12H,3-9H2,1-2H3,(H,13,14). The molecule has 0 aromatic rings. The predicted molar refractivity (Wildman–Crippen MR) is 66.6 cm³/mol. The van der Waals surface area contributed by atoms with Crippen molar-refractivity contribution in [2.24, 2.45) is 0 Å². The van der Waals surface area contributed by atoms with Crippen molar-refractivity contribution in [2.75, 3.05) is 18.6 Å². The van der Waals surface area contributed by atoms with E-state index in [1.54, 1.807) is 0 Å². The Bertz CT molecular complexity index is 165. The molecule has 0 saturated carbocycles. The average Bonchev–Trinajstić information content (AvgIpc) is 2.19. The van der Waals surface area contributed by atoms with Crippen LogP contribution in [0.5, 0.6) is 0 Å². The van der Waals surface area contributed by atoms with Gasteiger partial charge in [0.15, 0.2) is 0 Å². The van der Waals surface area contributed by atoms with Crippen LogP contribution in [0.2, 0.25) is 0 Å². The molecule has 0 saturated heterocycles. The molecule has 0 radical (unpaired) electrons. The van der Waals surface area contributed by atoms with E-state index in [9.17, 15) is 4.79 Å². The summed E-state index contributed by atoms with van der Waals surface area (Å²) in [6.07, 6.45) is 6.53. The molecule has 15 heavy (non-hydrogen) atoms. The summed E-state index contributed by atoms with van der Waals surface area (Å²) in [6.45, 7) is 3.21. The molecule has 4 heteroatoms. The topological polar surface area (TPSA) is 49.3 Å². The van der Waals surface area contributed by atoms with Gasteiger partial charge in [-0.1, -0.05) is 6.42 Å². The first-order valence-electron chi connectivity index (χ1n) is 5.61. The van der Waals surface area contributed by atoms with Gasteiger partial charge >= 0.3 is 5.97 Å². The van der Waals surface area contributed by atoms with Gasteiger partial charge in [-0.05, 0) is 44.7 Å². The van der Waals surface area contributed by atoms with Crippen LogP contribution < -0.4 is 5.32 Å². The lowest BCUT2D eigenvalue weighted by molar-refractivity contribution is -0.137. The van der Waals surface area contributed by atoms with E-state index in [4.69, 9.17) is 5.11 Å². The fourth-order valence-corrected chi connectivity index (χ4v) is 1.91. The van der Waals surface area contributed by atoms with Crippen LogP contribution in [0.25, 0.3) is 0 Å². The molecule has 0 aromatic heterocycles. The van der Waals surface area contributed by atoms with Crippen LogP contribution in [0.4, 0.5) is 0 Å². The van der Waals surface area contributed by atoms with Crippen molar-refractivity contribution in [3.63, 3.8) is 0 Å². The molecule has 0 bridgehead atoms. The molecule has 1 atom stereocenters. The van der Waals surface area contributed by atoms with E-state index < -0.39 is 5.97 Å². The van der Waals surface area contributed by atoms with Gasteiger partial charge in [-0.2, -0.15) is 11.8 Å². The third-order valence-electron chi connectivity index (χ3n) is 2.32. The zero-order valence-corrected chi connectivity index (χ0v) is 10.6. The Kier molecular flexibility index (Phi) is 10.2. The average molecular weight is 233 g/mol. The van der Waals surface area contributed by atoms with E-state index in [1.165, 1.54) is 12.2 Å². The molecule has 0 spiro atoms. The molecule has 1 unspecified atom stereocenters. The first-order chi connectivity index (χ1) is 7.16. The molecule has 0 heterocycles. The highest BCUT2D eigenvalue weighted by atomic mass is 32.2. The number of nitrogens with one attached hydrogen (secondary N) is 1. The van der Waals surface area contributed by atoms with Gasteiger partial charge in [0.05, 0.1) is 0 Å². The Hall–Kier alpha value is -0.220. The minimum atomic E-state index is -0.684. The maximum atomic E-state index is 10.2. The second-order valence-electron chi connectivity index (χ2n) is 3.84. The normalized spacial score (nSPS) is 12.7. The Morgan fingerprint density at radius 3 is 2.73 bits per heavy atom. The fourth-order valence-electron chi connectivity index (χ4n) is 1.32. The van der Waals surface area contributed by atoms with Crippen LogP contribution in [-0.4, -0.2) is 35.7 Å². The second-order valence-corrected chi connectivity index (χ2v) is 4.83. The van der Waals surface area contributed by atoms with Crippen LogP contribution in [0.15, 0.2) is 0 Å². The summed E-state index contributed by atoms with van der Waals surface area (Å²) in [5, 5.41) is 11.9. The highest BCUT2D eigenvalue weighted by Crippen LogP contribution is 2.01.